The Kier molecular flexibility index (Phi) is 4.13. The van der Waals surface area contributed by atoms with Crippen molar-refractivity contribution < 1.29 is 0 Å². The molecule has 3 aromatic rings. The van der Waals surface area contributed by atoms with Crippen molar-refractivity contribution in [2.45, 2.75) is 45.7 Å². The number of hydrogen-bond donors (Lipinski definition) is 1. The lowest BCUT2D eigenvalue weighted by Crippen LogP contribution is -2.37. The average Bonchev–Trinajstić information content (AvgIpc) is 3.02. The second-order valence-electron chi connectivity index (χ2n) is 6.98. The molecule has 25 heavy (non-hydrogen) atoms. The van der Waals surface area contributed by atoms with Crippen molar-refractivity contribution in [3.63, 3.8) is 0 Å². The number of rotatable bonds is 3. The molecule has 0 unspecified atom stereocenters. The van der Waals surface area contributed by atoms with Gasteiger partial charge >= 0.3 is 0 Å². The van der Waals surface area contributed by atoms with Gasteiger partial charge in [-0.25, -0.2) is 4.98 Å². The van der Waals surface area contributed by atoms with Crippen molar-refractivity contribution in [3.05, 3.63) is 51.9 Å². The van der Waals surface area contributed by atoms with Gasteiger partial charge in [0, 0.05) is 24.2 Å². The fourth-order valence-corrected chi connectivity index (χ4v) is 3.53. The molecule has 130 valence electrons. The third-order valence-corrected chi connectivity index (χ3v) is 4.98. The van der Waals surface area contributed by atoms with Crippen LogP contribution in [0.15, 0.2) is 35.1 Å². The van der Waals surface area contributed by atoms with Gasteiger partial charge in [0.1, 0.15) is 0 Å². The van der Waals surface area contributed by atoms with E-state index in [-0.39, 0.29) is 5.56 Å². The van der Waals surface area contributed by atoms with Gasteiger partial charge < -0.3 is 0 Å². The summed E-state index contributed by atoms with van der Waals surface area (Å²) in [4.78, 5) is 24.0. The number of aromatic nitrogens is 4. The minimum Gasteiger partial charge on any atom is -0.295 e. The molecule has 6 heteroatoms. The maximum atomic E-state index is 12.5. The molecule has 1 aromatic carbocycles. The van der Waals surface area contributed by atoms with E-state index < -0.39 is 0 Å². The van der Waals surface area contributed by atoms with Crippen molar-refractivity contribution in [1.82, 2.24) is 24.5 Å². The third-order valence-electron chi connectivity index (χ3n) is 4.98. The number of benzene rings is 1. The molecule has 4 rings (SSSR count). The Morgan fingerprint density at radius 1 is 1.24 bits per heavy atom. The predicted octanol–water partition coefficient (Wildman–Crippen LogP) is 2.77. The summed E-state index contributed by atoms with van der Waals surface area (Å²) in [5.74, 6) is 1.10. The molecule has 1 aliphatic heterocycles. The van der Waals surface area contributed by atoms with E-state index in [0.717, 1.165) is 23.4 Å². The molecule has 1 N–H and O–H groups in total. The lowest BCUT2D eigenvalue weighted by molar-refractivity contribution is 0.151. The molecular weight excluding hydrogens is 314 g/mol. The summed E-state index contributed by atoms with van der Waals surface area (Å²) in [7, 11) is 0. The summed E-state index contributed by atoms with van der Waals surface area (Å²) in [6, 6.07) is 10.2. The number of fused-ring (bicyclic) bond motifs is 1. The molecule has 1 saturated heterocycles. The zero-order valence-electron chi connectivity index (χ0n) is 14.7. The van der Waals surface area contributed by atoms with Crippen LogP contribution in [0.2, 0.25) is 0 Å². The first-order valence-corrected chi connectivity index (χ1v) is 8.90. The van der Waals surface area contributed by atoms with Crippen LogP contribution in [0.1, 0.15) is 37.4 Å². The molecule has 0 amide bonds. The van der Waals surface area contributed by atoms with E-state index in [1.807, 2.05) is 31.2 Å². The van der Waals surface area contributed by atoms with Crippen molar-refractivity contribution in [1.29, 1.82) is 0 Å². The highest BCUT2D eigenvalue weighted by Crippen LogP contribution is 2.19. The molecule has 0 bridgehead atoms. The van der Waals surface area contributed by atoms with E-state index in [9.17, 15) is 4.79 Å². The van der Waals surface area contributed by atoms with E-state index in [1.165, 1.54) is 23.8 Å². The quantitative estimate of drug-likeness (QED) is 0.798. The van der Waals surface area contributed by atoms with Crippen LogP contribution in [0.5, 0.6) is 0 Å². The maximum absolute atomic E-state index is 12.5. The molecule has 3 heterocycles. The Bertz CT molecular complexity index is 958. The monoisotopic (exact) mass is 337 g/mol. The van der Waals surface area contributed by atoms with Gasteiger partial charge in [-0.05, 0) is 39.3 Å². The van der Waals surface area contributed by atoms with Crippen molar-refractivity contribution in [2.75, 3.05) is 6.54 Å². The summed E-state index contributed by atoms with van der Waals surface area (Å²) in [6.07, 6.45) is 3.71. The second kappa shape index (κ2) is 6.44. The molecule has 2 aromatic heterocycles. The molecule has 1 atom stereocenters. The van der Waals surface area contributed by atoms with E-state index in [2.05, 4.69) is 26.9 Å². The number of hydrogen-bond acceptors (Lipinski definition) is 4. The highest BCUT2D eigenvalue weighted by Gasteiger charge is 2.19. The Morgan fingerprint density at radius 2 is 2.12 bits per heavy atom. The first-order chi connectivity index (χ1) is 12.1. The summed E-state index contributed by atoms with van der Waals surface area (Å²) in [5.41, 5.74) is 2.78. The van der Waals surface area contributed by atoms with Crippen LogP contribution in [-0.4, -0.2) is 37.1 Å². The van der Waals surface area contributed by atoms with Crippen LogP contribution in [0.3, 0.4) is 0 Å². The van der Waals surface area contributed by atoms with E-state index in [0.29, 0.717) is 24.2 Å². The molecule has 1 aliphatic rings. The van der Waals surface area contributed by atoms with Gasteiger partial charge in [0.15, 0.2) is 5.82 Å². The topological polar surface area (TPSA) is 66.3 Å². The standard InChI is InChI=1S/C19H23N5O/c1-13-6-5-8-15(10-13)18-21-19-20-16(11-17(25)24(19)22-18)12-23-9-4-3-7-14(23)2/h5-6,8,10-11,14H,3-4,7,9,12H2,1-2H3,(H,20,21,22)/t14-/m1/s1. The van der Waals surface area contributed by atoms with E-state index in [4.69, 9.17) is 0 Å². The maximum Gasteiger partial charge on any atom is 0.274 e. The first kappa shape index (κ1) is 16.0. The highest BCUT2D eigenvalue weighted by atomic mass is 16.1. The molecule has 6 nitrogen and oxygen atoms in total. The minimum atomic E-state index is -0.115. The zero-order chi connectivity index (χ0) is 17.4. The second-order valence-corrected chi connectivity index (χ2v) is 6.98. The molecule has 1 fully saturated rings. The zero-order valence-corrected chi connectivity index (χ0v) is 14.7. The average molecular weight is 337 g/mol. The number of nitrogens with zero attached hydrogens (tertiary/aromatic N) is 4. The van der Waals surface area contributed by atoms with Crippen LogP contribution < -0.4 is 5.56 Å². The van der Waals surface area contributed by atoms with Gasteiger partial charge in [-0.3, -0.25) is 14.8 Å². The minimum absolute atomic E-state index is 0.115. The van der Waals surface area contributed by atoms with Crippen LogP contribution in [0, 0.1) is 6.92 Å². The molecule has 0 radical (unpaired) electrons. The summed E-state index contributed by atoms with van der Waals surface area (Å²) in [5, 5.41) is 3.06. The predicted molar refractivity (Wildman–Crippen MR) is 97.5 cm³/mol. The SMILES string of the molecule is Cc1cccc(-c2nc3nc(CN4CCCC[C@H]4C)cc(=O)n3[nH]2)c1. The van der Waals surface area contributed by atoms with Gasteiger partial charge in [0.25, 0.3) is 11.3 Å². The lowest BCUT2D eigenvalue weighted by atomic mass is 10.0. The van der Waals surface area contributed by atoms with Crippen molar-refractivity contribution >= 4 is 5.78 Å². The lowest BCUT2D eigenvalue weighted by Gasteiger charge is -2.32. The first-order valence-electron chi connectivity index (χ1n) is 8.90. The van der Waals surface area contributed by atoms with Crippen LogP contribution in [0.4, 0.5) is 0 Å². The smallest absolute Gasteiger partial charge is 0.274 e. The normalized spacial score (nSPS) is 18.7. The summed E-state index contributed by atoms with van der Waals surface area (Å²) in [6.45, 7) is 6.06. The molecule has 0 spiro atoms. The number of likely N-dealkylation sites (tertiary alicyclic amines) is 1. The number of aromatic amines is 1. The number of aryl methyl sites for hydroxylation is 1. The van der Waals surface area contributed by atoms with E-state index >= 15 is 0 Å². The van der Waals surface area contributed by atoms with Gasteiger partial charge in [0.2, 0.25) is 0 Å². The third kappa shape index (κ3) is 3.22. The van der Waals surface area contributed by atoms with Crippen LogP contribution in [-0.2, 0) is 6.54 Å². The number of piperidine rings is 1. The van der Waals surface area contributed by atoms with Crippen molar-refractivity contribution in [2.24, 2.45) is 0 Å². The fourth-order valence-electron chi connectivity index (χ4n) is 3.53. The molecular formula is C19H23N5O. The molecule has 0 aliphatic carbocycles. The number of H-pyrrole nitrogens is 1. The van der Waals surface area contributed by atoms with Crippen molar-refractivity contribution in [3.8, 4) is 11.4 Å². The summed E-state index contributed by atoms with van der Waals surface area (Å²) < 4.78 is 1.42. The Hall–Kier alpha value is -2.47. The van der Waals surface area contributed by atoms with Gasteiger partial charge in [-0.1, -0.05) is 30.2 Å². The van der Waals surface area contributed by atoms with Crippen LogP contribution in [0.25, 0.3) is 17.2 Å². The highest BCUT2D eigenvalue weighted by molar-refractivity contribution is 5.57. The van der Waals surface area contributed by atoms with Gasteiger partial charge in [0.05, 0.1) is 5.69 Å². The summed E-state index contributed by atoms with van der Waals surface area (Å²) >= 11 is 0. The Balaban J connectivity index is 1.68. The number of nitrogens with one attached hydrogen (secondary N) is 1. The molecule has 0 saturated carbocycles. The Labute approximate surface area is 146 Å². The van der Waals surface area contributed by atoms with E-state index in [1.54, 1.807) is 6.07 Å². The Morgan fingerprint density at radius 3 is 2.92 bits per heavy atom. The van der Waals surface area contributed by atoms with Gasteiger partial charge in [-0.15, -0.1) is 0 Å². The van der Waals surface area contributed by atoms with Gasteiger partial charge in [-0.2, -0.15) is 9.50 Å². The largest absolute Gasteiger partial charge is 0.295 e. The van der Waals surface area contributed by atoms with Crippen LogP contribution >= 0.6 is 0 Å². The fraction of sp³-hybridized carbons (Fsp3) is 0.421.